The van der Waals surface area contributed by atoms with E-state index in [1.165, 1.54) is 6.26 Å². The van der Waals surface area contributed by atoms with E-state index in [1.54, 1.807) is 18.3 Å². The van der Waals surface area contributed by atoms with E-state index in [0.717, 1.165) is 11.5 Å². The van der Waals surface area contributed by atoms with Crippen LogP contribution in [0.15, 0.2) is 65.5 Å². The van der Waals surface area contributed by atoms with E-state index in [9.17, 15) is 4.79 Å². The first kappa shape index (κ1) is 12.2. The summed E-state index contributed by atoms with van der Waals surface area (Å²) in [6, 6.07) is 13.2. The van der Waals surface area contributed by atoms with E-state index in [1.807, 2.05) is 41.1 Å². The number of furan rings is 1. The van der Waals surface area contributed by atoms with Crippen molar-refractivity contribution in [2.24, 2.45) is 0 Å². The maximum absolute atomic E-state index is 11.8. The number of aromatic nitrogens is 2. The lowest BCUT2D eigenvalue weighted by Crippen LogP contribution is -2.24. The van der Waals surface area contributed by atoms with Crippen molar-refractivity contribution in [1.82, 2.24) is 14.9 Å². The summed E-state index contributed by atoms with van der Waals surface area (Å²) in [6.45, 7) is 0.335. The third-order valence-corrected chi connectivity index (χ3v) is 2.90. The van der Waals surface area contributed by atoms with Crippen LogP contribution in [0, 0.1) is 0 Å². The van der Waals surface area contributed by atoms with Crippen LogP contribution in [-0.4, -0.2) is 15.5 Å². The number of para-hydroxylation sites is 1. The van der Waals surface area contributed by atoms with Crippen molar-refractivity contribution in [3.63, 3.8) is 0 Å². The number of rotatable bonds is 4. The van der Waals surface area contributed by atoms with E-state index >= 15 is 0 Å². The van der Waals surface area contributed by atoms with Crippen molar-refractivity contribution in [3.05, 3.63) is 72.7 Å². The SMILES string of the molecule is O=C(NCc1nccn1-c1ccccc1)c1ccco1. The molecular formula is C15H13N3O2. The van der Waals surface area contributed by atoms with Gasteiger partial charge in [0.1, 0.15) is 5.82 Å². The molecule has 0 unspecified atom stereocenters. The number of amides is 1. The molecular weight excluding hydrogens is 254 g/mol. The molecule has 0 fully saturated rings. The Labute approximate surface area is 115 Å². The second-order valence-corrected chi connectivity index (χ2v) is 4.21. The average Bonchev–Trinajstić information content (AvgIpc) is 3.17. The van der Waals surface area contributed by atoms with E-state index in [4.69, 9.17) is 4.42 Å². The van der Waals surface area contributed by atoms with Gasteiger partial charge in [0.05, 0.1) is 12.8 Å². The summed E-state index contributed by atoms with van der Waals surface area (Å²) in [4.78, 5) is 16.1. The first-order valence-electron chi connectivity index (χ1n) is 6.24. The summed E-state index contributed by atoms with van der Waals surface area (Å²) in [5.74, 6) is 0.802. The highest BCUT2D eigenvalue weighted by Gasteiger charge is 2.10. The van der Waals surface area contributed by atoms with Gasteiger partial charge >= 0.3 is 0 Å². The van der Waals surface area contributed by atoms with Gasteiger partial charge in [-0.05, 0) is 24.3 Å². The number of nitrogens with one attached hydrogen (secondary N) is 1. The Bertz CT molecular complexity index is 687. The van der Waals surface area contributed by atoms with Gasteiger partial charge in [-0.3, -0.25) is 4.79 Å². The molecule has 0 spiro atoms. The maximum Gasteiger partial charge on any atom is 0.287 e. The van der Waals surface area contributed by atoms with Gasteiger partial charge in [-0.15, -0.1) is 0 Å². The summed E-state index contributed by atoms with van der Waals surface area (Å²) in [7, 11) is 0. The Kier molecular flexibility index (Phi) is 3.33. The summed E-state index contributed by atoms with van der Waals surface area (Å²) in [5, 5.41) is 2.78. The summed E-state index contributed by atoms with van der Waals surface area (Å²) >= 11 is 0. The fourth-order valence-electron chi connectivity index (χ4n) is 1.94. The molecule has 0 bridgehead atoms. The molecule has 1 aromatic carbocycles. The molecule has 2 heterocycles. The number of nitrogens with zero attached hydrogens (tertiary/aromatic N) is 2. The molecule has 1 amide bonds. The van der Waals surface area contributed by atoms with E-state index in [0.29, 0.717) is 12.3 Å². The van der Waals surface area contributed by atoms with Gasteiger partial charge in [0.2, 0.25) is 0 Å². The molecule has 3 aromatic rings. The van der Waals surface area contributed by atoms with Crippen LogP contribution in [0.5, 0.6) is 0 Å². The Morgan fingerprint density at radius 2 is 2.05 bits per heavy atom. The van der Waals surface area contributed by atoms with Crippen LogP contribution >= 0.6 is 0 Å². The zero-order chi connectivity index (χ0) is 13.8. The molecule has 5 nitrogen and oxygen atoms in total. The minimum atomic E-state index is -0.252. The lowest BCUT2D eigenvalue weighted by molar-refractivity contribution is 0.0922. The third kappa shape index (κ3) is 2.47. The number of hydrogen-bond donors (Lipinski definition) is 1. The normalized spacial score (nSPS) is 10.4. The molecule has 20 heavy (non-hydrogen) atoms. The highest BCUT2D eigenvalue weighted by molar-refractivity contribution is 5.91. The molecule has 0 aliphatic rings. The molecule has 5 heteroatoms. The van der Waals surface area contributed by atoms with Gasteiger partial charge in [-0.2, -0.15) is 0 Å². The molecule has 100 valence electrons. The number of hydrogen-bond acceptors (Lipinski definition) is 3. The highest BCUT2D eigenvalue weighted by Crippen LogP contribution is 2.10. The van der Waals surface area contributed by atoms with Crippen LogP contribution in [-0.2, 0) is 6.54 Å². The quantitative estimate of drug-likeness (QED) is 0.789. The van der Waals surface area contributed by atoms with E-state index in [2.05, 4.69) is 10.3 Å². The Hall–Kier alpha value is -2.82. The molecule has 0 saturated heterocycles. The monoisotopic (exact) mass is 267 g/mol. The number of carbonyl (C=O) groups is 1. The number of carbonyl (C=O) groups excluding carboxylic acids is 1. The molecule has 0 atom stereocenters. The summed E-state index contributed by atoms with van der Waals surface area (Å²) in [5.41, 5.74) is 1.01. The minimum absolute atomic E-state index is 0.252. The molecule has 1 N–H and O–H groups in total. The van der Waals surface area contributed by atoms with Crippen LogP contribution < -0.4 is 5.32 Å². The molecule has 0 aliphatic carbocycles. The molecule has 2 aromatic heterocycles. The molecule has 3 rings (SSSR count). The molecule has 0 radical (unpaired) electrons. The van der Waals surface area contributed by atoms with Crippen molar-refractivity contribution in [3.8, 4) is 5.69 Å². The van der Waals surface area contributed by atoms with Gasteiger partial charge in [0.25, 0.3) is 5.91 Å². The fraction of sp³-hybridized carbons (Fsp3) is 0.0667. The lowest BCUT2D eigenvalue weighted by Gasteiger charge is -2.08. The van der Waals surface area contributed by atoms with Crippen LogP contribution in [0.1, 0.15) is 16.4 Å². The maximum atomic E-state index is 11.8. The van der Waals surface area contributed by atoms with Crippen LogP contribution in [0.25, 0.3) is 5.69 Å². The van der Waals surface area contributed by atoms with Crippen molar-refractivity contribution in [2.75, 3.05) is 0 Å². The highest BCUT2D eigenvalue weighted by atomic mass is 16.3. The third-order valence-electron chi connectivity index (χ3n) is 2.90. The van der Waals surface area contributed by atoms with Crippen LogP contribution in [0.4, 0.5) is 0 Å². The average molecular weight is 267 g/mol. The predicted molar refractivity (Wildman–Crippen MR) is 73.4 cm³/mol. The zero-order valence-electron chi connectivity index (χ0n) is 10.7. The first-order valence-corrected chi connectivity index (χ1v) is 6.24. The predicted octanol–water partition coefficient (Wildman–Crippen LogP) is 2.40. The Morgan fingerprint density at radius 3 is 2.80 bits per heavy atom. The second-order valence-electron chi connectivity index (χ2n) is 4.21. The second kappa shape index (κ2) is 5.44. The van der Waals surface area contributed by atoms with E-state index < -0.39 is 0 Å². The van der Waals surface area contributed by atoms with Crippen molar-refractivity contribution in [1.29, 1.82) is 0 Å². The summed E-state index contributed by atoms with van der Waals surface area (Å²) < 4.78 is 6.97. The van der Waals surface area contributed by atoms with Gasteiger partial charge < -0.3 is 14.3 Å². The molecule has 0 saturated carbocycles. The largest absolute Gasteiger partial charge is 0.459 e. The van der Waals surface area contributed by atoms with Crippen LogP contribution in [0.2, 0.25) is 0 Å². The van der Waals surface area contributed by atoms with Gasteiger partial charge in [-0.25, -0.2) is 4.98 Å². The van der Waals surface area contributed by atoms with E-state index in [-0.39, 0.29) is 5.91 Å². The smallest absolute Gasteiger partial charge is 0.287 e. The van der Waals surface area contributed by atoms with Gasteiger partial charge in [0, 0.05) is 18.1 Å². The number of benzene rings is 1. The standard InChI is InChI=1S/C15H13N3O2/c19-15(13-7-4-10-20-13)17-11-14-16-8-9-18(14)12-5-2-1-3-6-12/h1-10H,11H2,(H,17,19). The van der Waals surface area contributed by atoms with Crippen molar-refractivity contribution >= 4 is 5.91 Å². The van der Waals surface area contributed by atoms with Gasteiger partial charge in [-0.1, -0.05) is 18.2 Å². The summed E-state index contributed by atoms with van der Waals surface area (Å²) in [6.07, 6.45) is 5.05. The topological polar surface area (TPSA) is 60.1 Å². The van der Waals surface area contributed by atoms with Crippen LogP contribution in [0.3, 0.4) is 0 Å². The first-order chi connectivity index (χ1) is 9.84. The van der Waals surface area contributed by atoms with Crippen molar-refractivity contribution in [2.45, 2.75) is 6.54 Å². The lowest BCUT2D eigenvalue weighted by atomic mass is 10.3. The van der Waals surface area contributed by atoms with Gasteiger partial charge in [0.15, 0.2) is 5.76 Å². The molecule has 0 aliphatic heterocycles. The Balaban J connectivity index is 1.73. The Morgan fingerprint density at radius 1 is 1.20 bits per heavy atom. The minimum Gasteiger partial charge on any atom is -0.459 e. The number of imidazole rings is 1. The fourth-order valence-corrected chi connectivity index (χ4v) is 1.94. The van der Waals surface area contributed by atoms with Crippen molar-refractivity contribution < 1.29 is 9.21 Å². The zero-order valence-corrected chi connectivity index (χ0v) is 10.7.